The summed E-state index contributed by atoms with van der Waals surface area (Å²) in [5.74, 6) is -1.44. The molecule has 6 heteroatoms. The number of hydrogen-bond donors (Lipinski definition) is 0. The molecule has 1 aromatic rings. The number of halogens is 3. The minimum atomic E-state index is -4.80. The molecule has 0 amide bonds. The van der Waals surface area contributed by atoms with Gasteiger partial charge in [-0.25, -0.2) is 4.79 Å². The molecule has 0 aliphatic carbocycles. The van der Waals surface area contributed by atoms with Gasteiger partial charge in [0.1, 0.15) is 12.9 Å². The highest BCUT2D eigenvalue weighted by atomic mass is 19.4. The van der Waals surface area contributed by atoms with Gasteiger partial charge in [-0.05, 0) is 12.5 Å². The number of carbonyl (C=O) groups is 1. The molecule has 0 spiro atoms. The molecule has 1 rings (SSSR count). The van der Waals surface area contributed by atoms with Crippen molar-refractivity contribution in [3.8, 4) is 0 Å². The van der Waals surface area contributed by atoms with Crippen molar-refractivity contribution >= 4 is 5.97 Å². The summed E-state index contributed by atoms with van der Waals surface area (Å²) in [5, 5.41) is 0. The largest absolute Gasteiger partial charge is 0.496 e. The Hall–Kier alpha value is -1.98. The average molecular weight is 274 g/mol. The van der Waals surface area contributed by atoms with Crippen LogP contribution in [-0.4, -0.2) is 18.8 Å². The van der Waals surface area contributed by atoms with Gasteiger partial charge >= 0.3 is 12.1 Å². The first kappa shape index (κ1) is 15.1. The molecular weight excluding hydrogens is 261 g/mol. The van der Waals surface area contributed by atoms with E-state index in [1.165, 1.54) is 6.92 Å². The van der Waals surface area contributed by atoms with Crippen LogP contribution in [0.15, 0.2) is 42.2 Å². The van der Waals surface area contributed by atoms with Crippen LogP contribution in [0, 0.1) is 0 Å². The van der Waals surface area contributed by atoms with Crippen molar-refractivity contribution < 1.29 is 27.4 Å². The zero-order chi connectivity index (χ0) is 14.3. The zero-order valence-corrected chi connectivity index (χ0v) is 10.2. The third-order valence-corrected chi connectivity index (χ3v) is 2.09. The fraction of sp³-hybridized carbons (Fsp3) is 0.308. The van der Waals surface area contributed by atoms with Crippen LogP contribution in [0.3, 0.4) is 0 Å². The number of rotatable bonds is 5. The van der Waals surface area contributed by atoms with Gasteiger partial charge in [-0.2, -0.15) is 13.2 Å². The molecule has 0 atom stereocenters. The molecular formula is C13H13F3O3. The van der Waals surface area contributed by atoms with Crippen LogP contribution in [0.2, 0.25) is 0 Å². The molecule has 104 valence electrons. The maximum absolute atomic E-state index is 12.6. The van der Waals surface area contributed by atoms with Crippen LogP contribution in [0.5, 0.6) is 0 Å². The summed E-state index contributed by atoms with van der Waals surface area (Å²) in [7, 11) is 0. The first-order valence-electron chi connectivity index (χ1n) is 5.55. The molecule has 0 heterocycles. The molecule has 19 heavy (non-hydrogen) atoms. The predicted octanol–water partition coefficient (Wildman–Crippen LogP) is 3.21. The van der Waals surface area contributed by atoms with E-state index in [0.29, 0.717) is 11.8 Å². The third kappa shape index (κ3) is 5.03. The van der Waals surface area contributed by atoms with Gasteiger partial charge in [0.15, 0.2) is 5.57 Å². The Morgan fingerprint density at radius 2 is 1.89 bits per heavy atom. The molecule has 0 bridgehead atoms. The Labute approximate surface area is 108 Å². The monoisotopic (exact) mass is 274 g/mol. The second kappa shape index (κ2) is 6.82. The smallest absolute Gasteiger partial charge is 0.426 e. The summed E-state index contributed by atoms with van der Waals surface area (Å²) >= 11 is 0. The van der Waals surface area contributed by atoms with E-state index in [2.05, 4.69) is 4.74 Å². The number of carbonyl (C=O) groups excluding carboxylic acids is 1. The lowest BCUT2D eigenvalue weighted by Gasteiger charge is -2.10. The van der Waals surface area contributed by atoms with E-state index >= 15 is 0 Å². The van der Waals surface area contributed by atoms with Crippen LogP contribution < -0.4 is 0 Å². The summed E-state index contributed by atoms with van der Waals surface area (Å²) in [6, 6.07) is 8.65. The highest BCUT2D eigenvalue weighted by molar-refractivity contribution is 5.89. The average Bonchev–Trinajstić information content (AvgIpc) is 2.34. The van der Waals surface area contributed by atoms with Crippen LogP contribution in [0.25, 0.3) is 0 Å². The quantitative estimate of drug-likeness (QED) is 0.470. The topological polar surface area (TPSA) is 35.5 Å². The SMILES string of the molecule is CCOC(=O)/C(=C/OCc1ccccc1)C(F)(F)F. The van der Waals surface area contributed by atoms with Gasteiger partial charge in [0.2, 0.25) is 0 Å². The molecule has 0 fully saturated rings. The number of benzene rings is 1. The zero-order valence-electron chi connectivity index (χ0n) is 10.2. The van der Waals surface area contributed by atoms with Gasteiger partial charge in [0.05, 0.1) is 6.61 Å². The first-order chi connectivity index (χ1) is 8.95. The number of alkyl halides is 3. The summed E-state index contributed by atoms with van der Waals surface area (Å²) in [4.78, 5) is 11.1. The lowest BCUT2D eigenvalue weighted by molar-refractivity contribution is -0.151. The lowest BCUT2D eigenvalue weighted by atomic mass is 10.2. The molecule has 0 saturated carbocycles. The Kier molecular flexibility index (Phi) is 5.41. The van der Waals surface area contributed by atoms with Crippen molar-refractivity contribution in [1.82, 2.24) is 0 Å². The summed E-state index contributed by atoms with van der Waals surface area (Å²) in [6.45, 7) is 1.24. The first-order valence-corrected chi connectivity index (χ1v) is 5.55. The molecule has 0 aromatic heterocycles. The highest BCUT2D eigenvalue weighted by Gasteiger charge is 2.40. The molecule has 0 saturated heterocycles. The number of ether oxygens (including phenoxy) is 2. The van der Waals surface area contributed by atoms with Crippen molar-refractivity contribution in [3.05, 3.63) is 47.7 Å². The van der Waals surface area contributed by atoms with E-state index in [-0.39, 0.29) is 13.2 Å². The van der Waals surface area contributed by atoms with Gasteiger partial charge in [-0.15, -0.1) is 0 Å². The van der Waals surface area contributed by atoms with Crippen molar-refractivity contribution in [2.45, 2.75) is 19.7 Å². The second-order valence-electron chi connectivity index (χ2n) is 3.55. The van der Waals surface area contributed by atoms with Gasteiger partial charge in [-0.3, -0.25) is 0 Å². The van der Waals surface area contributed by atoms with Crippen LogP contribution in [-0.2, 0) is 20.9 Å². The molecule has 0 aliphatic heterocycles. The number of hydrogen-bond acceptors (Lipinski definition) is 3. The molecule has 1 aromatic carbocycles. The van der Waals surface area contributed by atoms with Crippen molar-refractivity contribution in [2.24, 2.45) is 0 Å². The van der Waals surface area contributed by atoms with Crippen molar-refractivity contribution in [1.29, 1.82) is 0 Å². The van der Waals surface area contributed by atoms with E-state index in [1.54, 1.807) is 30.3 Å². The molecule has 0 radical (unpaired) electrons. The third-order valence-electron chi connectivity index (χ3n) is 2.09. The minimum absolute atomic E-state index is 0.0557. The lowest BCUT2D eigenvalue weighted by Crippen LogP contribution is -2.22. The van der Waals surface area contributed by atoms with Gasteiger partial charge in [0.25, 0.3) is 0 Å². The minimum Gasteiger partial charge on any atom is -0.496 e. The molecule has 0 aliphatic rings. The van der Waals surface area contributed by atoms with E-state index in [0.717, 1.165) is 0 Å². The second-order valence-corrected chi connectivity index (χ2v) is 3.55. The van der Waals surface area contributed by atoms with Gasteiger partial charge in [-0.1, -0.05) is 30.3 Å². The highest BCUT2D eigenvalue weighted by Crippen LogP contribution is 2.26. The number of esters is 1. The summed E-state index contributed by atoms with van der Waals surface area (Å²) in [5.41, 5.74) is -0.755. The van der Waals surface area contributed by atoms with E-state index in [1.807, 2.05) is 0 Å². The van der Waals surface area contributed by atoms with Crippen molar-refractivity contribution in [2.75, 3.05) is 6.61 Å². The van der Waals surface area contributed by atoms with E-state index in [4.69, 9.17) is 4.74 Å². The van der Waals surface area contributed by atoms with Gasteiger partial charge < -0.3 is 9.47 Å². The fourth-order valence-electron chi connectivity index (χ4n) is 1.23. The van der Waals surface area contributed by atoms with E-state index in [9.17, 15) is 18.0 Å². The standard InChI is InChI=1S/C13H13F3O3/c1-2-19-12(17)11(13(14,15)16)9-18-8-10-6-4-3-5-7-10/h3-7,9H,2,8H2,1H3/b11-9-. The van der Waals surface area contributed by atoms with Gasteiger partial charge in [0, 0.05) is 0 Å². The van der Waals surface area contributed by atoms with Crippen LogP contribution >= 0.6 is 0 Å². The summed E-state index contributed by atoms with van der Waals surface area (Å²) in [6.07, 6.45) is -4.41. The summed E-state index contributed by atoms with van der Waals surface area (Å²) < 4.78 is 46.8. The predicted molar refractivity (Wildman–Crippen MR) is 62.0 cm³/mol. The molecule has 0 N–H and O–H groups in total. The van der Waals surface area contributed by atoms with Crippen LogP contribution in [0.4, 0.5) is 13.2 Å². The van der Waals surface area contributed by atoms with Crippen molar-refractivity contribution in [3.63, 3.8) is 0 Å². The Bertz CT molecular complexity index is 438. The Balaban J connectivity index is 2.70. The Morgan fingerprint density at radius 1 is 1.26 bits per heavy atom. The molecule has 0 unspecified atom stereocenters. The maximum Gasteiger partial charge on any atom is 0.426 e. The molecule has 3 nitrogen and oxygen atoms in total. The normalized spacial score (nSPS) is 12.1. The van der Waals surface area contributed by atoms with Crippen LogP contribution in [0.1, 0.15) is 12.5 Å². The fourth-order valence-corrected chi connectivity index (χ4v) is 1.23. The Morgan fingerprint density at radius 3 is 2.42 bits per heavy atom. The maximum atomic E-state index is 12.6. The van der Waals surface area contributed by atoms with E-state index < -0.39 is 17.7 Å².